The van der Waals surface area contributed by atoms with Crippen molar-refractivity contribution in [3.8, 4) is 10.7 Å². The van der Waals surface area contributed by atoms with Gasteiger partial charge in [-0.15, -0.1) is 11.3 Å². The zero-order valence-corrected chi connectivity index (χ0v) is 12.1. The minimum absolute atomic E-state index is 0.176. The highest BCUT2D eigenvalue weighted by atomic mass is 32.1. The third-order valence-electron chi connectivity index (χ3n) is 2.92. The molecule has 2 rings (SSSR count). The van der Waals surface area contributed by atoms with Crippen LogP contribution in [-0.4, -0.2) is 39.2 Å². The number of pyridine rings is 1. The molecule has 1 N–H and O–H groups in total. The van der Waals surface area contributed by atoms with Gasteiger partial charge in [0, 0.05) is 30.7 Å². The van der Waals surface area contributed by atoms with Gasteiger partial charge >= 0.3 is 0 Å². The second-order valence-electron chi connectivity index (χ2n) is 4.65. The molecular formula is C14H19N3OS. The maximum absolute atomic E-state index is 9.08. The van der Waals surface area contributed by atoms with Crippen LogP contribution in [0.2, 0.25) is 0 Å². The average Bonchev–Trinajstić information content (AvgIpc) is 2.88. The molecule has 19 heavy (non-hydrogen) atoms. The van der Waals surface area contributed by atoms with Crippen molar-refractivity contribution in [3.63, 3.8) is 0 Å². The van der Waals surface area contributed by atoms with E-state index in [4.69, 9.17) is 5.11 Å². The third kappa shape index (κ3) is 3.83. The summed E-state index contributed by atoms with van der Waals surface area (Å²) in [7, 11) is 0. The molecule has 0 bridgehead atoms. The first-order valence-electron chi connectivity index (χ1n) is 6.41. The van der Waals surface area contributed by atoms with E-state index in [9.17, 15) is 0 Å². The maximum atomic E-state index is 9.08. The second kappa shape index (κ2) is 6.75. The van der Waals surface area contributed by atoms with Gasteiger partial charge in [0.1, 0.15) is 5.01 Å². The summed E-state index contributed by atoms with van der Waals surface area (Å²) in [5.41, 5.74) is 1.95. The van der Waals surface area contributed by atoms with E-state index in [2.05, 4.69) is 34.1 Å². The van der Waals surface area contributed by atoms with E-state index in [1.54, 1.807) is 17.5 Å². The zero-order chi connectivity index (χ0) is 13.7. The molecule has 0 radical (unpaired) electrons. The molecule has 0 aliphatic heterocycles. The van der Waals surface area contributed by atoms with E-state index in [-0.39, 0.29) is 6.61 Å². The summed E-state index contributed by atoms with van der Waals surface area (Å²) in [5.74, 6) is 0. The van der Waals surface area contributed by atoms with Crippen LogP contribution in [0.25, 0.3) is 10.7 Å². The van der Waals surface area contributed by atoms with E-state index < -0.39 is 0 Å². The number of nitrogens with zero attached hydrogens (tertiary/aromatic N) is 3. The van der Waals surface area contributed by atoms with E-state index in [1.807, 2.05) is 18.2 Å². The lowest BCUT2D eigenvalue weighted by atomic mass is 10.3. The standard InChI is InChI=1S/C14H19N3OS/c1-11(2)17(7-8-18)9-12-10-19-14(16-12)13-5-3-4-6-15-13/h3-6,10-11,18H,7-9H2,1-2H3. The molecule has 2 heterocycles. The Hall–Kier alpha value is -1.30. The minimum atomic E-state index is 0.176. The van der Waals surface area contributed by atoms with Gasteiger partial charge in [0.2, 0.25) is 0 Å². The third-order valence-corrected chi connectivity index (χ3v) is 3.83. The SMILES string of the molecule is CC(C)N(CCO)Cc1csc(-c2ccccn2)n1. The van der Waals surface area contributed by atoms with Crippen LogP contribution in [0.15, 0.2) is 29.8 Å². The summed E-state index contributed by atoms with van der Waals surface area (Å²) in [6.07, 6.45) is 1.78. The van der Waals surface area contributed by atoms with Crippen LogP contribution in [0.5, 0.6) is 0 Å². The summed E-state index contributed by atoms with van der Waals surface area (Å²) in [4.78, 5) is 11.1. The zero-order valence-electron chi connectivity index (χ0n) is 11.3. The fourth-order valence-corrected chi connectivity index (χ4v) is 2.63. The highest BCUT2D eigenvalue weighted by Crippen LogP contribution is 2.22. The molecular weight excluding hydrogens is 258 g/mol. The van der Waals surface area contributed by atoms with Gasteiger partial charge in [0.25, 0.3) is 0 Å². The van der Waals surface area contributed by atoms with Crippen molar-refractivity contribution >= 4 is 11.3 Å². The van der Waals surface area contributed by atoms with E-state index in [1.165, 1.54) is 0 Å². The Bertz CT molecular complexity index is 498. The highest BCUT2D eigenvalue weighted by molar-refractivity contribution is 7.13. The van der Waals surface area contributed by atoms with Gasteiger partial charge in [-0.25, -0.2) is 4.98 Å². The Morgan fingerprint density at radius 3 is 2.84 bits per heavy atom. The summed E-state index contributed by atoms with van der Waals surface area (Å²) >= 11 is 1.61. The van der Waals surface area contributed by atoms with Crippen LogP contribution in [0.3, 0.4) is 0 Å². The van der Waals surface area contributed by atoms with Crippen LogP contribution in [0, 0.1) is 0 Å². The van der Waals surface area contributed by atoms with Gasteiger partial charge in [-0.05, 0) is 26.0 Å². The number of rotatable bonds is 6. The number of aliphatic hydroxyl groups is 1. The fourth-order valence-electron chi connectivity index (χ4n) is 1.84. The quantitative estimate of drug-likeness (QED) is 0.881. The van der Waals surface area contributed by atoms with Crippen LogP contribution in [0.4, 0.5) is 0 Å². The van der Waals surface area contributed by atoms with E-state index >= 15 is 0 Å². The Kier molecular flexibility index (Phi) is 5.01. The van der Waals surface area contributed by atoms with Gasteiger partial charge < -0.3 is 5.11 Å². The first-order chi connectivity index (χ1) is 9.20. The lowest BCUT2D eigenvalue weighted by molar-refractivity contribution is 0.158. The summed E-state index contributed by atoms with van der Waals surface area (Å²) in [6.45, 7) is 5.87. The number of thiazole rings is 1. The van der Waals surface area contributed by atoms with Crippen molar-refractivity contribution in [2.75, 3.05) is 13.2 Å². The molecule has 0 saturated carbocycles. The van der Waals surface area contributed by atoms with Crippen molar-refractivity contribution in [1.29, 1.82) is 0 Å². The number of aliphatic hydroxyl groups excluding tert-OH is 1. The second-order valence-corrected chi connectivity index (χ2v) is 5.50. The highest BCUT2D eigenvalue weighted by Gasteiger charge is 2.12. The minimum Gasteiger partial charge on any atom is -0.395 e. The van der Waals surface area contributed by atoms with Crippen LogP contribution in [0.1, 0.15) is 19.5 Å². The van der Waals surface area contributed by atoms with Crippen molar-refractivity contribution in [3.05, 3.63) is 35.5 Å². The van der Waals surface area contributed by atoms with Crippen molar-refractivity contribution in [1.82, 2.24) is 14.9 Å². The van der Waals surface area contributed by atoms with Crippen molar-refractivity contribution in [2.45, 2.75) is 26.4 Å². The van der Waals surface area contributed by atoms with Gasteiger partial charge in [-0.3, -0.25) is 9.88 Å². The molecule has 0 saturated heterocycles. The normalized spacial score (nSPS) is 11.4. The summed E-state index contributed by atoms with van der Waals surface area (Å²) in [5, 5.41) is 12.1. The molecule has 0 atom stereocenters. The molecule has 2 aromatic heterocycles. The fraction of sp³-hybridized carbons (Fsp3) is 0.429. The molecule has 2 aromatic rings. The van der Waals surface area contributed by atoms with Crippen molar-refractivity contribution in [2.24, 2.45) is 0 Å². The Morgan fingerprint density at radius 2 is 2.21 bits per heavy atom. The van der Waals surface area contributed by atoms with Crippen LogP contribution in [-0.2, 0) is 6.54 Å². The monoisotopic (exact) mass is 277 g/mol. The largest absolute Gasteiger partial charge is 0.395 e. The molecule has 102 valence electrons. The average molecular weight is 277 g/mol. The topological polar surface area (TPSA) is 49.2 Å². The first kappa shape index (κ1) is 14.1. The van der Waals surface area contributed by atoms with Crippen molar-refractivity contribution < 1.29 is 5.11 Å². The summed E-state index contributed by atoms with van der Waals surface area (Å²) < 4.78 is 0. The molecule has 0 fully saturated rings. The summed E-state index contributed by atoms with van der Waals surface area (Å²) in [6, 6.07) is 6.23. The molecule has 0 amide bonds. The number of hydrogen-bond acceptors (Lipinski definition) is 5. The Morgan fingerprint density at radius 1 is 1.37 bits per heavy atom. The molecule has 0 aliphatic carbocycles. The molecule has 4 nitrogen and oxygen atoms in total. The molecule has 0 aromatic carbocycles. The van der Waals surface area contributed by atoms with Crippen LogP contribution >= 0.6 is 11.3 Å². The van der Waals surface area contributed by atoms with Gasteiger partial charge in [-0.1, -0.05) is 6.07 Å². The van der Waals surface area contributed by atoms with E-state index in [0.29, 0.717) is 12.6 Å². The van der Waals surface area contributed by atoms with E-state index in [0.717, 1.165) is 22.9 Å². The first-order valence-corrected chi connectivity index (χ1v) is 7.29. The van der Waals surface area contributed by atoms with Crippen LogP contribution < -0.4 is 0 Å². The maximum Gasteiger partial charge on any atom is 0.142 e. The van der Waals surface area contributed by atoms with Gasteiger partial charge in [0.15, 0.2) is 0 Å². The molecule has 0 spiro atoms. The molecule has 5 heteroatoms. The Balaban J connectivity index is 2.09. The number of hydrogen-bond donors (Lipinski definition) is 1. The smallest absolute Gasteiger partial charge is 0.142 e. The Labute approximate surface area is 117 Å². The van der Waals surface area contributed by atoms with Gasteiger partial charge in [0.05, 0.1) is 18.0 Å². The van der Waals surface area contributed by atoms with Gasteiger partial charge in [-0.2, -0.15) is 0 Å². The lowest BCUT2D eigenvalue weighted by Gasteiger charge is -2.24. The predicted octanol–water partition coefficient (Wildman–Crippen LogP) is 2.41. The molecule has 0 unspecified atom stereocenters. The predicted molar refractivity (Wildman–Crippen MR) is 78.0 cm³/mol. The lowest BCUT2D eigenvalue weighted by Crippen LogP contribution is -2.33. The molecule has 0 aliphatic rings. The number of aromatic nitrogens is 2.